The highest BCUT2D eigenvalue weighted by Gasteiger charge is 2.11. The summed E-state index contributed by atoms with van der Waals surface area (Å²) < 4.78 is 11.2. The van der Waals surface area contributed by atoms with Gasteiger partial charge in [0.2, 0.25) is 0 Å². The zero-order valence-corrected chi connectivity index (χ0v) is 14.1. The molecule has 0 saturated carbocycles. The van der Waals surface area contributed by atoms with Gasteiger partial charge in [0.15, 0.2) is 11.5 Å². The summed E-state index contributed by atoms with van der Waals surface area (Å²) in [5.74, 6) is 2.04. The molecule has 1 unspecified atom stereocenters. The molecule has 0 bridgehead atoms. The number of methoxy groups -OCH3 is 1. The predicted molar refractivity (Wildman–Crippen MR) is 90.8 cm³/mol. The van der Waals surface area contributed by atoms with Crippen molar-refractivity contribution in [2.24, 2.45) is 0 Å². The van der Waals surface area contributed by atoms with Crippen molar-refractivity contribution < 1.29 is 9.47 Å². The van der Waals surface area contributed by atoms with Crippen LogP contribution >= 0.6 is 15.9 Å². The molecule has 0 fully saturated rings. The third-order valence-electron chi connectivity index (χ3n) is 3.49. The highest BCUT2D eigenvalue weighted by Crippen LogP contribution is 2.28. The van der Waals surface area contributed by atoms with Gasteiger partial charge >= 0.3 is 0 Å². The van der Waals surface area contributed by atoms with Crippen molar-refractivity contribution in [2.75, 3.05) is 19.0 Å². The highest BCUT2D eigenvalue weighted by atomic mass is 79.9. The van der Waals surface area contributed by atoms with Crippen molar-refractivity contribution in [3.05, 3.63) is 59.7 Å². The van der Waals surface area contributed by atoms with Crippen LogP contribution in [0.25, 0.3) is 0 Å². The van der Waals surface area contributed by atoms with Gasteiger partial charge in [-0.1, -0.05) is 57.9 Å². The Hall–Kier alpha value is -1.48. The number of alkyl halides is 1. The summed E-state index contributed by atoms with van der Waals surface area (Å²) in [7, 11) is 1.66. The number of aryl methyl sites for hydroxylation is 1. The van der Waals surface area contributed by atoms with Gasteiger partial charge < -0.3 is 9.47 Å². The van der Waals surface area contributed by atoms with Crippen molar-refractivity contribution in [3.63, 3.8) is 0 Å². The molecule has 0 aliphatic rings. The summed E-state index contributed by atoms with van der Waals surface area (Å²) in [6.45, 7) is 2.80. The first kappa shape index (κ1) is 15.9. The minimum Gasteiger partial charge on any atom is -0.493 e. The normalized spacial score (nSPS) is 12.0. The van der Waals surface area contributed by atoms with Gasteiger partial charge in [0, 0.05) is 5.33 Å². The zero-order valence-electron chi connectivity index (χ0n) is 12.5. The van der Waals surface area contributed by atoms with Gasteiger partial charge in [0.25, 0.3) is 0 Å². The molecule has 2 aromatic carbocycles. The van der Waals surface area contributed by atoms with E-state index in [2.05, 4.69) is 47.1 Å². The zero-order chi connectivity index (χ0) is 15.1. The minimum atomic E-state index is 0.458. The molecule has 0 N–H and O–H groups in total. The lowest BCUT2D eigenvalue weighted by molar-refractivity contribution is 0.282. The van der Waals surface area contributed by atoms with Crippen LogP contribution in [0.4, 0.5) is 0 Å². The molecule has 0 aliphatic heterocycles. The Labute approximate surface area is 135 Å². The molecule has 1 atom stereocenters. The Morgan fingerprint density at radius 3 is 2.48 bits per heavy atom. The fraction of sp³-hybridized carbons (Fsp3) is 0.333. The van der Waals surface area contributed by atoms with E-state index in [0.29, 0.717) is 12.5 Å². The van der Waals surface area contributed by atoms with Crippen LogP contribution in [0.5, 0.6) is 11.5 Å². The molecule has 112 valence electrons. The lowest BCUT2D eigenvalue weighted by Gasteiger charge is -2.16. The van der Waals surface area contributed by atoms with Crippen LogP contribution in [0, 0.1) is 6.92 Å². The summed E-state index contributed by atoms with van der Waals surface area (Å²) in [4.78, 5) is 0. The number of benzene rings is 2. The standard InChI is InChI=1S/C18H21BrO2/c1-14-6-5-7-15(12-14)16(13-19)10-11-21-18-9-4-3-8-17(18)20-2/h3-9,12,16H,10-11,13H2,1-2H3. The molecule has 2 aromatic rings. The second-order valence-corrected chi connectivity index (χ2v) is 5.70. The molecular weight excluding hydrogens is 328 g/mol. The molecule has 0 aliphatic carbocycles. The van der Waals surface area contributed by atoms with Crippen LogP contribution in [0.15, 0.2) is 48.5 Å². The molecule has 0 aromatic heterocycles. The monoisotopic (exact) mass is 348 g/mol. The van der Waals surface area contributed by atoms with E-state index in [-0.39, 0.29) is 0 Å². The first-order valence-electron chi connectivity index (χ1n) is 7.13. The Balaban J connectivity index is 1.95. The Kier molecular flexibility index (Phi) is 6.12. The average molecular weight is 349 g/mol. The maximum absolute atomic E-state index is 5.87. The molecule has 2 rings (SSSR count). The van der Waals surface area contributed by atoms with Crippen LogP contribution in [0.2, 0.25) is 0 Å². The van der Waals surface area contributed by atoms with Crippen LogP contribution < -0.4 is 9.47 Å². The molecule has 0 radical (unpaired) electrons. The number of rotatable bonds is 7. The smallest absolute Gasteiger partial charge is 0.161 e. The van der Waals surface area contributed by atoms with Gasteiger partial charge in [-0.3, -0.25) is 0 Å². The predicted octanol–water partition coefficient (Wildman–Crippen LogP) is 4.95. The maximum atomic E-state index is 5.87. The first-order valence-corrected chi connectivity index (χ1v) is 8.25. The van der Waals surface area contributed by atoms with Crippen molar-refractivity contribution in [2.45, 2.75) is 19.3 Å². The number of halogens is 1. The fourth-order valence-electron chi connectivity index (χ4n) is 2.31. The van der Waals surface area contributed by atoms with Crippen LogP contribution in [0.1, 0.15) is 23.5 Å². The van der Waals surface area contributed by atoms with E-state index in [4.69, 9.17) is 9.47 Å². The topological polar surface area (TPSA) is 18.5 Å². The summed E-state index contributed by atoms with van der Waals surface area (Å²) in [6, 6.07) is 16.4. The summed E-state index contributed by atoms with van der Waals surface area (Å²) in [6.07, 6.45) is 0.965. The molecule has 2 nitrogen and oxygen atoms in total. The molecule has 0 saturated heterocycles. The van der Waals surface area contributed by atoms with Crippen molar-refractivity contribution >= 4 is 15.9 Å². The summed E-state index contributed by atoms with van der Waals surface area (Å²) in [5, 5.41) is 0.936. The van der Waals surface area contributed by atoms with E-state index in [0.717, 1.165) is 23.2 Å². The van der Waals surface area contributed by atoms with Gasteiger partial charge in [-0.05, 0) is 37.0 Å². The number of hydrogen-bond donors (Lipinski definition) is 0. The molecule has 0 heterocycles. The SMILES string of the molecule is COc1ccccc1OCCC(CBr)c1cccc(C)c1. The summed E-state index contributed by atoms with van der Waals surface area (Å²) in [5.41, 5.74) is 2.65. The Bertz CT molecular complexity index is 569. The minimum absolute atomic E-state index is 0.458. The first-order chi connectivity index (χ1) is 10.2. The Morgan fingerprint density at radius 2 is 1.81 bits per heavy atom. The van der Waals surface area contributed by atoms with E-state index in [9.17, 15) is 0 Å². The third-order valence-corrected chi connectivity index (χ3v) is 4.27. The molecular formula is C18H21BrO2. The van der Waals surface area contributed by atoms with Crippen molar-refractivity contribution in [1.29, 1.82) is 0 Å². The average Bonchev–Trinajstić information content (AvgIpc) is 2.52. The lowest BCUT2D eigenvalue weighted by Crippen LogP contribution is -2.08. The van der Waals surface area contributed by atoms with Gasteiger partial charge in [0.05, 0.1) is 13.7 Å². The van der Waals surface area contributed by atoms with E-state index in [1.807, 2.05) is 24.3 Å². The van der Waals surface area contributed by atoms with Gasteiger partial charge in [-0.25, -0.2) is 0 Å². The fourth-order valence-corrected chi connectivity index (χ4v) is 3.00. The maximum Gasteiger partial charge on any atom is 0.161 e. The van der Waals surface area contributed by atoms with E-state index < -0.39 is 0 Å². The number of ether oxygens (including phenoxy) is 2. The molecule has 0 amide bonds. The molecule has 0 spiro atoms. The third kappa shape index (κ3) is 4.50. The largest absolute Gasteiger partial charge is 0.493 e. The van der Waals surface area contributed by atoms with Crippen LogP contribution in [-0.2, 0) is 0 Å². The quantitative estimate of drug-likeness (QED) is 0.659. The van der Waals surface area contributed by atoms with Gasteiger partial charge in [0.1, 0.15) is 0 Å². The highest BCUT2D eigenvalue weighted by molar-refractivity contribution is 9.09. The van der Waals surface area contributed by atoms with Crippen LogP contribution in [-0.4, -0.2) is 19.0 Å². The number of hydrogen-bond acceptors (Lipinski definition) is 2. The lowest BCUT2D eigenvalue weighted by atomic mass is 9.97. The molecule has 3 heteroatoms. The van der Waals surface area contributed by atoms with Crippen molar-refractivity contribution in [1.82, 2.24) is 0 Å². The summed E-state index contributed by atoms with van der Waals surface area (Å²) >= 11 is 3.61. The van der Waals surface area contributed by atoms with Crippen LogP contribution in [0.3, 0.4) is 0 Å². The van der Waals surface area contributed by atoms with Crippen molar-refractivity contribution in [3.8, 4) is 11.5 Å². The van der Waals surface area contributed by atoms with E-state index in [1.165, 1.54) is 11.1 Å². The van der Waals surface area contributed by atoms with E-state index in [1.54, 1.807) is 7.11 Å². The second kappa shape index (κ2) is 8.08. The molecule has 21 heavy (non-hydrogen) atoms. The Morgan fingerprint density at radius 1 is 1.05 bits per heavy atom. The van der Waals surface area contributed by atoms with Gasteiger partial charge in [-0.15, -0.1) is 0 Å². The van der Waals surface area contributed by atoms with Gasteiger partial charge in [-0.2, -0.15) is 0 Å². The second-order valence-electron chi connectivity index (χ2n) is 5.05. The number of para-hydroxylation sites is 2. The van der Waals surface area contributed by atoms with E-state index >= 15 is 0 Å².